The van der Waals surface area contributed by atoms with Crippen molar-refractivity contribution >= 4 is 34.0 Å². The molecule has 1 saturated heterocycles. The molecule has 5 nitrogen and oxygen atoms in total. The molecule has 2 amide bonds. The number of imide groups is 1. The summed E-state index contributed by atoms with van der Waals surface area (Å²) in [6.45, 7) is 2.03. The van der Waals surface area contributed by atoms with Gasteiger partial charge in [-0.05, 0) is 55.4 Å². The molecular weight excluding hydrogens is 420 g/mol. The van der Waals surface area contributed by atoms with E-state index in [1.807, 2.05) is 31.2 Å². The second-order valence-corrected chi connectivity index (χ2v) is 8.59. The summed E-state index contributed by atoms with van der Waals surface area (Å²) in [6, 6.07) is 9.64. The molecule has 1 saturated carbocycles. The fourth-order valence-electron chi connectivity index (χ4n) is 4.61. The lowest BCUT2D eigenvalue weighted by molar-refractivity contribution is -0.140. The lowest BCUT2D eigenvalue weighted by Gasteiger charge is -2.37. The van der Waals surface area contributed by atoms with Gasteiger partial charge in [-0.2, -0.15) is 10.1 Å². The van der Waals surface area contributed by atoms with E-state index in [2.05, 4.69) is 33.2 Å². The molecule has 0 spiro atoms. The fourth-order valence-corrected chi connectivity index (χ4v) is 4.99. The molecule has 1 aliphatic heterocycles. The first kappa shape index (κ1) is 17.6. The number of fused-ring (bicyclic) bond motifs is 1. The largest absolute Gasteiger partial charge is 0.455 e. The van der Waals surface area contributed by atoms with Crippen molar-refractivity contribution in [3.8, 4) is 11.3 Å². The third-order valence-corrected chi connectivity index (χ3v) is 6.97. The Morgan fingerprint density at radius 3 is 2.36 bits per heavy atom. The van der Waals surface area contributed by atoms with E-state index in [0.29, 0.717) is 11.5 Å². The Balaban J connectivity index is 1.37. The number of rotatable bonds is 3. The Bertz CT molecular complexity index is 1010. The van der Waals surface area contributed by atoms with E-state index in [4.69, 9.17) is 4.42 Å². The van der Waals surface area contributed by atoms with Crippen LogP contribution in [0.4, 0.5) is 0 Å². The predicted octanol–water partition coefficient (Wildman–Crippen LogP) is 4.55. The van der Waals surface area contributed by atoms with Crippen molar-refractivity contribution in [2.45, 2.75) is 19.8 Å². The number of hydrogen-bond acceptors (Lipinski definition) is 4. The average molecular weight is 439 g/mol. The Labute approximate surface area is 171 Å². The number of benzene rings is 1. The highest BCUT2D eigenvalue weighted by molar-refractivity contribution is 9.10. The smallest absolute Gasteiger partial charge is 0.254 e. The van der Waals surface area contributed by atoms with E-state index in [9.17, 15) is 9.59 Å². The maximum Gasteiger partial charge on any atom is 0.254 e. The first-order valence-corrected chi connectivity index (χ1v) is 10.3. The third kappa shape index (κ3) is 2.70. The lowest BCUT2D eigenvalue weighted by atomic mass is 9.63. The van der Waals surface area contributed by atoms with Crippen LogP contribution in [-0.4, -0.2) is 23.0 Å². The fraction of sp³-hybridized carbons (Fsp3) is 0.318. The normalized spacial score (nSPS) is 28.6. The maximum absolute atomic E-state index is 12.8. The molecule has 1 aromatic carbocycles. The summed E-state index contributed by atoms with van der Waals surface area (Å²) in [6.07, 6.45) is 7.62. The van der Waals surface area contributed by atoms with Gasteiger partial charge in [0.15, 0.2) is 0 Å². The van der Waals surface area contributed by atoms with Gasteiger partial charge in [0.25, 0.3) is 11.8 Å². The number of carbonyl (C=O) groups is 2. The van der Waals surface area contributed by atoms with Gasteiger partial charge in [-0.25, -0.2) is 0 Å². The average Bonchev–Trinajstić information content (AvgIpc) is 3.28. The SMILES string of the molecule is Cc1ccc(-c2ccc(/C=N\N3C(=O)[C@@H]4[C@@H](C3=O)[C@H]3C=C[C@H]4CC3)o2)cc1Br. The standard InChI is InChI=1S/C22H19BrN2O3/c1-12-2-3-15(10-17(12)23)18-9-8-16(28-18)11-24-25-21(26)19-13-4-5-14(7-6-13)20(19)22(25)27/h2-5,8-11,13-14,19-20H,6-7H2,1H3/b24-11-/t13-,14-,19-,20-/m0/s1. The zero-order chi connectivity index (χ0) is 19.4. The van der Waals surface area contributed by atoms with E-state index in [-0.39, 0.29) is 35.5 Å². The van der Waals surface area contributed by atoms with Gasteiger partial charge in [-0.15, -0.1) is 0 Å². The number of halogens is 1. The Hall–Kier alpha value is -2.47. The Morgan fingerprint density at radius 2 is 1.75 bits per heavy atom. The van der Waals surface area contributed by atoms with Gasteiger partial charge in [-0.1, -0.05) is 40.2 Å². The second kappa shape index (κ2) is 6.55. The van der Waals surface area contributed by atoms with E-state index in [1.165, 1.54) is 6.21 Å². The van der Waals surface area contributed by atoms with Crippen LogP contribution >= 0.6 is 15.9 Å². The minimum absolute atomic E-state index is 0.168. The molecule has 4 atom stereocenters. The summed E-state index contributed by atoms with van der Waals surface area (Å²) in [5.74, 6) is 0.694. The van der Waals surface area contributed by atoms with E-state index < -0.39 is 0 Å². The summed E-state index contributed by atoms with van der Waals surface area (Å²) in [5.41, 5.74) is 2.09. The zero-order valence-electron chi connectivity index (χ0n) is 15.3. The van der Waals surface area contributed by atoms with Crippen LogP contribution in [0.25, 0.3) is 11.3 Å². The van der Waals surface area contributed by atoms with E-state index in [0.717, 1.165) is 33.5 Å². The minimum atomic E-state index is -0.245. The van der Waals surface area contributed by atoms with Crippen LogP contribution in [-0.2, 0) is 9.59 Å². The first-order chi connectivity index (χ1) is 13.5. The van der Waals surface area contributed by atoms with Crippen LogP contribution in [0, 0.1) is 30.6 Å². The van der Waals surface area contributed by atoms with Gasteiger partial charge in [0, 0.05) is 10.0 Å². The van der Waals surface area contributed by atoms with Crippen molar-refractivity contribution in [1.82, 2.24) is 5.01 Å². The lowest BCUT2D eigenvalue weighted by Crippen LogP contribution is -2.38. The van der Waals surface area contributed by atoms with Crippen LogP contribution in [0.2, 0.25) is 0 Å². The molecule has 2 fully saturated rings. The number of allylic oxidation sites excluding steroid dienone is 2. The molecule has 1 aromatic heterocycles. The van der Waals surface area contributed by atoms with Crippen LogP contribution in [0.3, 0.4) is 0 Å². The quantitative estimate of drug-likeness (QED) is 0.401. The number of hydrogen-bond donors (Lipinski definition) is 0. The molecule has 0 radical (unpaired) electrons. The first-order valence-electron chi connectivity index (χ1n) is 9.49. The van der Waals surface area contributed by atoms with Crippen molar-refractivity contribution in [2.24, 2.45) is 28.8 Å². The molecule has 6 heteroatoms. The number of amides is 2. The van der Waals surface area contributed by atoms with Crippen molar-refractivity contribution in [3.63, 3.8) is 0 Å². The summed E-state index contributed by atoms with van der Waals surface area (Å²) < 4.78 is 6.85. The molecule has 0 N–H and O–H groups in total. The highest BCUT2D eigenvalue weighted by Crippen LogP contribution is 2.49. The van der Waals surface area contributed by atoms with Gasteiger partial charge >= 0.3 is 0 Å². The highest BCUT2D eigenvalue weighted by atomic mass is 79.9. The van der Waals surface area contributed by atoms with Crippen LogP contribution < -0.4 is 0 Å². The van der Waals surface area contributed by atoms with Gasteiger partial charge < -0.3 is 4.42 Å². The summed E-state index contributed by atoms with van der Waals surface area (Å²) in [7, 11) is 0. The van der Waals surface area contributed by atoms with Crippen LogP contribution in [0.5, 0.6) is 0 Å². The van der Waals surface area contributed by atoms with Crippen molar-refractivity contribution < 1.29 is 14.0 Å². The highest BCUT2D eigenvalue weighted by Gasteiger charge is 2.56. The van der Waals surface area contributed by atoms with Crippen LogP contribution in [0.1, 0.15) is 24.2 Å². The molecule has 2 bridgehead atoms. The summed E-state index contributed by atoms with van der Waals surface area (Å²) in [4.78, 5) is 25.6. The molecule has 28 heavy (non-hydrogen) atoms. The van der Waals surface area contributed by atoms with Gasteiger partial charge in [0.2, 0.25) is 0 Å². The zero-order valence-corrected chi connectivity index (χ0v) is 16.9. The number of carbonyl (C=O) groups excluding carboxylic acids is 2. The molecule has 0 unspecified atom stereocenters. The topological polar surface area (TPSA) is 62.9 Å². The molecule has 4 aliphatic rings. The van der Waals surface area contributed by atoms with Crippen molar-refractivity contribution in [3.05, 3.63) is 58.3 Å². The van der Waals surface area contributed by atoms with Gasteiger partial charge in [0.05, 0.1) is 18.1 Å². The monoisotopic (exact) mass is 438 g/mol. The predicted molar refractivity (Wildman–Crippen MR) is 108 cm³/mol. The maximum atomic E-state index is 12.8. The number of furan rings is 1. The molecule has 2 heterocycles. The Morgan fingerprint density at radius 1 is 1.07 bits per heavy atom. The van der Waals surface area contributed by atoms with E-state index in [1.54, 1.807) is 6.07 Å². The number of hydrazone groups is 1. The van der Waals surface area contributed by atoms with Crippen LogP contribution in [0.15, 0.2) is 56.5 Å². The molecule has 6 rings (SSSR count). The molecular formula is C22H19BrN2O3. The number of aryl methyl sites for hydroxylation is 1. The van der Waals surface area contributed by atoms with Crippen molar-refractivity contribution in [1.29, 1.82) is 0 Å². The molecule has 142 valence electrons. The number of nitrogens with zero attached hydrogens (tertiary/aromatic N) is 2. The second-order valence-electron chi connectivity index (χ2n) is 7.74. The summed E-state index contributed by atoms with van der Waals surface area (Å²) in [5, 5.41) is 5.25. The molecule has 2 aromatic rings. The van der Waals surface area contributed by atoms with Gasteiger partial charge in [-0.3, -0.25) is 9.59 Å². The molecule has 3 aliphatic carbocycles. The minimum Gasteiger partial charge on any atom is -0.455 e. The summed E-state index contributed by atoms with van der Waals surface area (Å²) >= 11 is 3.53. The van der Waals surface area contributed by atoms with Gasteiger partial charge in [0.1, 0.15) is 11.5 Å². The van der Waals surface area contributed by atoms with E-state index >= 15 is 0 Å². The van der Waals surface area contributed by atoms with Crippen molar-refractivity contribution in [2.75, 3.05) is 0 Å². The Kier molecular flexibility index (Phi) is 4.12. The third-order valence-electron chi connectivity index (χ3n) is 6.12.